The third kappa shape index (κ3) is 6.72. The molecule has 0 amide bonds. The molecule has 0 aliphatic heterocycles. The number of methoxy groups -OCH3 is 1. The average molecular weight is 538 g/mol. The lowest BCUT2D eigenvalue weighted by molar-refractivity contribution is 0.198. The van der Waals surface area contributed by atoms with Crippen LogP contribution in [0.1, 0.15) is 42.4 Å². The fourth-order valence-electron chi connectivity index (χ4n) is 3.53. The number of aliphatic imine (C=N–C) groups is 1. The van der Waals surface area contributed by atoms with E-state index >= 15 is 0 Å². The van der Waals surface area contributed by atoms with E-state index in [1.165, 1.54) is 31.0 Å². The Hall–Kier alpha value is -2.54. The Morgan fingerprint density at radius 3 is 2.52 bits per heavy atom. The van der Waals surface area contributed by atoms with Gasteiger partial charge < -0.3 is 20.1 Å². The van der Waals surface area contributed by atoms with Crippen LogP contribution in [-0.4, -0.2) is 26.2 Å². The minimum atomic E-state index is -0.364. The van der Waals surface area contributed by atoms with Crippen molar-refractivity contribution < 1.29 is 13.9 Å². The van der Waals surface area contributed by atoms with Crippen molar-refractivity contribution in [3.63, 3.8) is 0 Å². The number of hydrogen-bond acceptors (Lipinski definition) is 4. The highest BCUT2D eigenvalue weighted by molar-refractivity contribution is 14.0. The molecule has 0 atom stereocenters. The smallest absolute Gasteiger partial charge is 0.191 e. The zero-order valence-corrected chi connectivity index (χ0v) is 20.1. The fourth-order valence-corrected chi connectivity index (χ4v) is 3.53. The average Bonchev–Trinajstić information content (AvgIpc) is 3.29. The number of hydrogen-bond donors (Lipinski definition) is 2. The van der Waals surface area contributed by atoms with Crippen LogP contribution in [0, 0.1) is 17.1 Å². The predicted molar refractivity (Wildman–Crippen MR) is 129 cm³/mol. The Morgan fingerprint density at radius 1 is 1.16 bits per heavy atom. The molecule has 0 bridgehead atoms. The van der Waals surface area contributed by atoms with Gasteiger partial charge in [-0.15, -0.1) is 24.0 Å². The third-order valence-corrected chi connectivity index (χ3v) is 5.16. The Kier molecular flexibility index (Phi) is 9.85. The van der Waals surface area contributed by atoms with Gasteiger partial charge in [-0.1, -0.05) is 12.1 Å². The first kappa shape index (κ1) is 24.7. The molecule has 6 nitrogen and oxygen atoms in total. The first-order valence-corrected chi connectivity index (χ1v) is 10.1. The lowest BCUT2D eigenvalue weighted by Gasteiger charge is -2.20. The van der Waals surface area contributed by atoms with Crippen LogP contribution in [0.25, 0.3) is 0 Å². The van der Waals surface area contributed by atoms with E-state index in [-0.39, 0.29) is 42.4 Å². The molecule has 0 spiro atoms. The van der Waals surface area contributed by atoms with Crippen molar-refractivity contribution in [3.8, 4) is 17.6 Å². The molecule has 2 N–H and O–H groups in total. The molecule has 8 heteroatoms. The molecule has 1 aliphatic carbocycles. The molecule has 3 rings (SSSR count). The largest absolute Gasteiger partial charge is 0.493 e. The minimum Gasteiger partial charge on any atom is -0.493 e. The lowest BCUT2D eigenvalue weighted by Crippen LogP contribution is -2.36. The van der Waals surface area contributed by atoms with Gasteiger partial charge in [-0.2, -0.15) is 5.26 Å². The van der Waals surface area contributed by atoms with Crippen molar-refractivity contribution in [2.75, 3.05) is 14.2 Å². The molecule has 0 heterocycles. The molecule has 2 aromatic carbocycles. The maximum Gasteiger partial charge on any atom is 0.191 e. The van der Waals surface area contributed by atoms with Gasteiger partial charge in [0.15, 0.2) is 17.5 Å². The molecule has 0 radical (unpaired) electrons. The molecule has 0 saturated heterocycles. The Labute approximate surface area is 199 Å². The van der Waals surface area contributed by atoms with E-state index in [1.54, 1.807) is 14.2 Å². The van der Waals surface area contributed by atoms with Gasteiger partial charge in [0, 0.05) is 31.3 Å². The van der Waals surface area contributed by atoms with Gasteiger partial charge in [-0.3, -0.25) is 4.99 Å². The number of nitrogens with zero attached hydrogens (tertiary/aromatic N) is 2. The van der Waals surface area contributed by atoms with Gasteiger partial charge in [0.1, 0.15) is 5.82 Å². The highest BCUT2D eigenvalue weighted by atomic mass is 127. The van der Waals surface area contributed by atoms with Crippen LogP contribution in [0.15, 0.2) is 41.4 Å². The summed E-state index contributed by atoms with van der Waals surface area (Å²) in [6, 6.07) is 12.1. The van der Waals surface area contributed by atoms with E-state index < -0.39 is 0 Å². The third-order valence-electron chi connectivity index (χ3n) is 5.16. The van der Waals surface area contributed by atoms with Crippen molar-refractivity contribution in [3.05, 3.63) is 58.9 Å². The zero-order valence-electron chi connectivity index (χ0n) is 17.8. The summed E-state index contributed by atoms with van der Waals surface area (Å²) in [5.41, 5.74) is 1.78. The van der Waals surface area contributed by atoms with Crippen LogP contribution in [0.4, 0.5) is 4.39 Å². The number of rotatable bonds is 7. The summed E-state index contributed by atoms with van der Waals surface area (Å²) in [7, 11) is 3.29. The molecule has 1 aliphatic rings. The summed E-state index contributed by atoms with van der Waals surface area (Å²) in [4.78, 5) is 4.20. The number of nitriles is 1. The van der Waals surface area contributed by atoms with Crippen molar-refractivity contribution in [1.82, 2.24) is 10.6 Å². The van der Waals surface area contributed by atoms with E-state index in [1.807, 2.05) is 24.3 Å². The highest BCUT2D eigenvalue weighted by Crippen LogP contribution is 2.34. The molecule has 1 fully saturated rings. The summed E-state index contributed by atoms with van der Waals surface area (Å²) >= 11 is 0. The first-order valence-electron chi connectivity index (χ1n) is 10.1. The second-order valence-electron chi connectivity index (χ2n) is 7.17. The lowest BCUT2D eigenvalue weighted by atomic mass is 10.1. The van der Waals surface area contributed by atoms with Crippen molar-refractivity contribution in [2.45, 2.75) is 44.9 Å². The van der Waals surface area contributed by atoms with Crippen LogP contribution in [0.5, 0.6) is 11.5 Å². The fraction of sp³-hybridized carbons (Fsp3) is 0.391. The van der Waals surface area contributed by atoms with E-state index in [0.717, 1.165) is 24.2 Å². The predicted octanol–water partition coefficient (Wildman–Crippen LogP) is 4.51. The summed E-state index contributed by atoms with van der Waals surface area (Å²) in [5, 5.41) is 15.3. The number of guanidine groups is 1. The molecule has 166 valence electrons. The number of para-hydroxylation sites is 1. The van der Waals surface area contributed by atoms with Gasteiger partial charge in [-0.05, 0) is 49.9 Å². The van der Waals surface area contributed by atoms with Crippen LogP contribution >= 0.6 is 24.0 Å². The molecule has 0 unspecified atom stereocenters. The number of halogens is 2. The van der Waals surface area contributed by atoms with Crippen molar-refractivity contribution >= 4 is 29.9 Å². The monoisotopic (exact) mass is 538 g/mol. The zero-order chi connectivity index (χ0) is 21.3. The summed E-state index contributed by atoms with van der Waals surface area (Å²) in [5.74, 6) is 1.62. The standard InChI is InChI=1S/C23H27FN4O2.HI/c1-26-23(28-15-18-12-16(13-25)10-11-20(18)24)27-14-17-6-5-9-21(29-2)22(17)30-19-7-3-4-8-19;/h5-6,9-12,19H,3-4,7-8,14-15H2,1-2H3,(H2,26,27,28);1H. The SMILES string of the molecule is CN=C(NCc1cc(C#N)ccc1F)NCc1cccc(OC)c1OC1CCCC1.I. The minimum absolute atomic E-state index is 0. The van der Waals surface area contributed by atoms with Gasteiger partial charge in [0.2, 0.25) is 0 Å². The van der Waals surface area contributed by atoms with Crippen molar-refractivity contribution in [2.24, 2.45) is 4.99 Å². The number of ether oxygens (including phenoxy) is 2. The highest BCUT2D eigenvalue weighted by Gasteiger charge is 2.20. The number of benzene rings is 2. The maximum atomic E-state index is 14.0. The summed E-state index contributed by atoms with van der Waals surface area (Å²) in [6.07, 6.45) is 4.71. The van der Waals surface area contributed by atoms with Crippen LogP contribution < -0.4 is 20.1 Å². The van der Waals surface area contributed by atoms with Crippen molar-refractivity contribution in [1.29, 1.82) is 5.26 Å². The topological polar surface area (TPSA) is 78.7 Å². The molecular formula is C23H28FIN4O2. The number of nitrogens with one attached hydrogen (secondary N) is 2. The van der Waals surface area contributed by atoms with Gasteiger partial charge in [-0.25, -0.2) is 4.39 Å². The van der Waals surface area contributed by atoms with Crippen LogP contribution in [-0.2, 0) is 13.1 Å². The second kappa shape index (κ2) is 12.3. The van der Waals surface area contributed by atoms with E-state index in [4.69, 9.17) is 14.7 Å². The normalized spacial score (nSPS) is 13.8. The molecule has 0 aromatic heterocycles. The molecular weight excluding hydrogens is 510 g/mol. The molecule has 31 heavy (non-hydrogen) atoms. The molecule has 2 aromatic rings. The maximum absolute atomic E-state index is 14.0. The summed E-state index contributed by atoms with van der Waals surface area (Å²) in [6.45, 7) is 0.685. The first-order chi connectivity index (χ1) is 14.6. The van der Waals surface area contributed by atoms with Gasteiger partial charge >= 0.3 is 0 Å². The quantitative estimate of drug-likeness (QED) is 0.308. The Bertz CT molecular complexity index is 940. The summed E-state index contributed by atoms with van der Waals surface area (Å²) < 4.78 is 25.8. The second-order valence-corrected chi connectivity index (χ2v) is 7.17. The Morgan fingerprint density at radius 2 is 1.87 bits per heavy atom. The van der Waals surface area contributed by atoms with E-state index in [2.05, 4.69) is 15.6 Å². The van der Waals surface area contributed by atoms with E-state index in [0.29, 0.717) is 29.4 Å². The molecule has 1 saturated carbocycles. The Balaban J connectivity index is 0.00000341. The van der Waals surface area contributed by atoms with Gasteiger partial charge in [0.05, 0.1) is 24.8 Å². The van der Waals surface area contributed by atoms with Crippen LogP contribution in [0.3, 0.4) is 0 Å². The van der Waals surface area contributed by atoms with E-state index in [9.17, 15) is 4.39 Å². The van der Waals surface area contributed by atoms with Crippen LogP contribution in [0.2, 0.25) is 0 Å². The van der Waals surface area contributed by atoms with Gasteiger partial charge in [0.25, 0.3) is 0 Å².